The summed E-state index contributed by atoms with van der Waals surface area (Å²) in [7, 11) is 0. The number of hydrogen-bond acceptors (Lipinski definition) is 5. The fourth-order valence-electron chi connectivity index (χ4n) is 1.33. The molecule has 5 nitrogen and oxygen atoms in total. The SMILES string of the molecule is Cc1nnc2sc(CC(N)C(C)(C)C)nn12. The van der Waals surface area contributed by atoms with Crippen LogP contribution in [0.1, 0.15) is 31.6 Å². The van der Waals surface area contributed by atoms with Gasteiger partial charge in [-0.3, -0.25) is 0 Å². The zero-order valence-electron chi connectivity index (χ0n) is 10.1. The summed E-state index contributed by atoms with van der Waals surface area (Å²) in [5.74, 6) is 0.821. The van der Waals surface area contributed by atoms with Gasteiger partial charge < -0.3 is 5.73 Å². The van der Waals surface area contributed by atoms with Crippen LogP contribution in [0.15, 0.2) is 0 Å². The summed E-state index contributed by atoms with van der Waals surface area (Å²) in [6.45, 7) is 8.32. The van der Waals surface area contributed by atoms with Crippen LogP contribution in [0.2, 0.25) is 0 Å². The molecule has 16 heavy (non-hydrogen) atoms. The van der Waals surface area contributed by atoms with Gasteiger partial charge in [-0.15, -0.1) is 10.2 Å². The molecule has 2 aromatic rings. The number of fused-ring (bicyclic) bond motifs is 1. The van der Waals surface area contributed by atoms with Gasteiger partial charge in [0.05, 0.1) is 0 Å². The van der Waals surface area contributed by atoms with Crippen molar-refractivity contribution in [2.45, 2.75) is 40.2 Å². The first-order chi connectivity index (χ1) is 7.38. The van der Waals surface area contributed by atoms with Crippen molar-refractivity contribution < 1.29 is 0 Å². The first kappa shape index (κ1) is 11.5. The third-order valence-corrected chi connectivity index (χ3v) is 3.62. The predicted molar refractivity (Wildman–Crippen MR) is 64.5 cm³/mol. The number of hydrogen-bond donors (Lipinski definition) is 1. The largest absolute Gasteiger partial charge is 0.327 e. The Bertz CT molecular complexity index is 493. The third kappa shape index (κ3) is 2.08. The summed E-state index contributed by atoms with van der Waals surface area (Å²) >= 11 is 1.56. The highest BCUT2D eigenvalue weighted by atomic mass is 32.1. The van der Waals surface area contributed by atoms with Gasteiger partial charge >= 0.3 is 0 Å². The summed E-state index contributed by atoms with van der Waals surface area (Å²) in [5, 5.41) is 13.5. The lowest BCUT2D eigenvalue weighted by Crippen LogP contribution is -2.36. The van der Waals surface area contributed by atoms with Gasteiger partial charge in [-0.25, -0.2) is 0 Å². The highest BCUT2D eigenvalue weighted by molar-refractivity contribution is 7.16. The van der Waals surface area contributed by atoms with Crippen molar-refractivity contribution >= 4 is 16.3 Å². The molecule has 0 fully saturated rings. The normalized spacial score (nSPS) is 14.6. The van der Waals surface area contributed by atoms with Gasteiger partial charge in [0, 0.05) is 12.5 Å². The lowest BCUT2D eigenvalue weighted by atomic mass is 9.86. The van der Waals surface area contributed by atoms with Crippen molar-refractivity contribution in [2.24, 2.45) is 11.1 Å². The molecule has 2 rings (SSSR count). The maximum Gasteiger partial charge on any atom is 0.234 e. The van der Waals surface area contributed by atoms with E-state index in [-0.39, 0.29) is 11.5 Å². The Balaban J connectivity index is 2.22. The molecular weight excluding hydrogens is 222 g/mol. The first-order valence-corrected chi connectivity index (χ1v) is 6.13. The molecular formula is C10H17N5S. The second-order valence-electron chi connectivity index (χ2n) is 5.11. The number of aromatic nitrogens is 4. The standard InChI is InChI=1S/C10H17N5S/c1-6-12-13-9-15(6)14-8(16-9)5-7(11)10(2,3)4/h7H,5,11H2,1-4H3. The van der Waals surface area contributed by atoms with Crippen LogP contribution in [0, 0.1) is 12.3 Å². The number of rotatable bonds is 2. The molecule has 2 N–H and O–H groups in total. The van der Waals surface area contributed by atoms with Gasteiger partial charge in [-0.2, -0.15) is 9.61 Å². The Hall–Kier alpha value is -1.01. The fraction of sp³-hybridized carbons (Fsp3) is 0.700. The molecule has 6 heteroatoms. The molecule has 0 aliphatic carbocycles. The van der Waals surface area contributed by atoms with E-state index >= 15 is 0 Å². The molecule has 0 radical (unpaired) electrons. The van der Waals surface area contributed by atoms with Crippen LogP contribution in [0.3, 0.4) is 0 Å². The van der Waals surface area contributed by atoms with Crippen LogP contribution < -0.4 is 5.73 Å². The number of nitrogens with two attached hydrogens (primary N) is 1. The minimum Gasteiger partial charge on any atom is -0.327 e. The lowest BCUT2D eigenvalue weighted by Gasteiger charge is -2.25. The Morgan fingerprint density at radius 3 is 2.62 bits per heavy atom. The Morgan fingerprint density at radius 2 is 2.06 bits per heavy atom. The molecule has 2 aromatic heterocycles. The van der Waals surface area contributed by atoms with E-state index in [1.165, 1.54) is 0 Å². The zero-order chi connectivity index (χ0) is 11.9. The average molecular weight is 239 g/mol. The van der Waals surface area contributed by atoms with Gasteiger partial charge in [0.1, 0.15) is 5.01 Å². The smallest absolute Gasteiger partial charge is 0.234 e. The van der Waals surface area contributed by atoms with Crippen molar-refractivity contribution in [3.05, 3.63) is 10.8 Å². The van der Waals surface area contributed by atoms with Gasteiger partial charge in [-0.1, -0.05) is 32.1 Å². The van der Waals surface area contributed by atoms with Gasteiger partial charge in [0.15, 0.2) is 5.82 Å². The number of aryl methyl sites for hydroxylation is 1. The summed E-state index contributed by atoms with van der Waals surface area (Å²) < 4.78 is 1.77. The van der Waals surface area contributed by atoms with E-state index < -0.39 is 0 Å². The van der Waals surface area contributed by atoms with Gasteiger partial charge in [0.2, 0.25) is 4.96 Å². The van der Waals surface area contributed by atoms with E-state index in [9.17, 15) is 0 Å². The van der Waals surface area contributed by atoms with Crippen molar-refractivity contribution in [3.8, 4) is 0 Å². The Labute approximate surface area is 98.7 Å². The summed E-state index contributed by atoms with van der Waals surface area (Å²) in [6.07, 6.45) is 0.789. The van der Waals surface area contributed by atoms with Crippen LogP contribution in [-0.4, -0.2) is 25.9 Å². The predicted octanol–water partition coefficient (Wildman–Crippen LogP) is 1.41. The second-order valence-corrected chi connectivity index (χ2v) is 6.15. The maximum atomic E-state index is 6.13. The molecule has 0 bridgehead atoms. The van der Waals surface area contributed by atoms with Crippen LogP contribution >= 0.6 is 11.3 Å². The minimum atomic E-state index is 0.0983. The maximum absolute atomic E-state index is 6.13. The van der Waals surface area contributed by atoms with Crippen molar-refractivity contribution in [3.63, 3.8) is 0 Å². The Kier molecular flexibility index (Phi) is 2.71. The van der Waals surface area contributed by atoms with Crippen LogP contribution in [0.5, 0.6) is 0 Å². The van der Waals surface area contributed by atoms with E-state index in [4.69, 9.17) is 5.73 Å². The van der Waals surface area contributed by atoms with E-state index in [1.807, 2.05) is 6.92 Å². The average Bonchev–Trinajstić information content (AvgIpc) is 2.67. The fourth-order valence-corrected chi connectivity index (χ4v) is 2.27. The molecule has 0 spiro atoms. The molecule has 1 unspecified atom stereocenters. The van der Waals surface area contributed by atoms with Crippen molar-refractivity contribution in [1.29, 1.82) is 0 Å². The molecule has 1 atom stereocenters. The molecule has 88 valence electrons. The van der Waals surface area contributed by atoms with E-state index in [2.05, 4.69) is 36.1 Å². The highest BCUT2D eigenvalue weighted by Crippen LogP contribution is 2.23. The Morgan fingerprint density at radius 1 is 1.38 bits per heavy atom. The molecule has 0 aliphatic rings. The molecule has 0 aliphatic heterocycles. The van der Waals surface area contributed by atoms with Gasteiger partial charge in [0.25, 0.3) is 0 Å². The zero-order valence-corrected chi connectivity index (χ0v) is 10.9. The summed E-state index contributed by atoms with van der Waals surface area (Å²) in [6, 6.07) is 0.108. The van der Waals surface area contributed by atoms with Crippen LogP contribution in [0.4, 0.5) is 0 Å². The molecule has 0 saturated carbocycles. The molecule has 0 saturated heterocycles. The minimum absolute atomic E-state index is 0.0983. The highest BCUT2D eigenvalue weighted by Gasteiger charge is 2.22. The second kappa shape index (κ2) is 3.78. The van der Waals surface area contributed by atoms with Crippen LogP contribution in [0.25, 0.3) is 4.96 Å². The summed E-state index contributed by atoms with van der Waals surface area (Å²) in [5.41, 5.74) is 6.23. The first-order valence-electron chi connectivity index (χ1n) is 5.31. The quantitative estimate of drug-likeness (QED) is 0.860. The van der Waals surface area contributed by atoms with Crippen LogP contribution in [-0.2, 0) is 6.42 Å². The lowest BCUT2D eigenvalue weighted by molar-refractivity contribution is 0.318. The third-order valence-electron chi connectivity index (χ3n) is 2.70. The monoisotopic (exact) mass is 239 g/mol. The van der Waals surface area contributed by atoms with E-state index in [0.717, 1.165) is 22.2 Å². The van der Waals surface area contributed by atoms with Crippen molar-refractivity contribution in [1.82, 2.24) is 19.8 Å². The molecule has 0 aromatic carbocycles. The summed E-state index contributed by atoms with van der Waals surface area (Å²) in [4.78, 5) is 0.841. The molecule has 2 heterocycles. The number of nitrogens with zero attached hydrogens (tertiary/aromatic N) is 4. The van der Waals surface area contributed by atoms with E-state index in [0.29, 0.717) is 0 Å². The molecule has 0 amide bonds. The van der Waals surface area contributed by atoms with E-state index in [1.54, 1.807) is 15.9 Å². The van der Waals surface area contributed by atoms with Gasteiger partial charge in [-0.05, 0) is 12.3 Å². The topological polar surface area (TPSA) is 69.1 Å². The van der Waals surface area contributed by atoms with Crippen molar-refractivity contribution in [2.75, 3.05) is 0 Å².